The van der Waals surface area contributed by atoms with Crippen molar-refractivity contribution in [2.45, 2.75) is 44.4 Å². The molecule has 2 heterocycles. The van der Waals surface area contributed by atoms with E-state index >= 15 is 0 Å². The summed E-state index contributed by atoms with van der Waals surface area (Å²) in [7, 11) is 0. The summed E-state index contributed by atoms with van der Waals surface area (Å²) in [6, 6.07) is 6.41. The van der Waals surface area contributed by atoms with Gasteiger partial charge in [-0.1, -0.05) is 38.1 Å². The largest absolute Gasteiger partial charge is 0.410 e. The number of aromatic nitrogens is 2. The molecule has 4 N–H and O–H groups in total. The Labute approximate surface area is 148 Å². The number of carbonyl (C=O) groups is 1. The van der Waals surface area contributed by atoms with Crippen LogP contribution in [0.4, 0.5) is 19.0 Å². The first-order chi connectivity index (χ1) is 12.2. The van der Waals surface area contributed by atoms with Crippen molar-refractivity contribution in [3.63, 3.8) is 0 Å². The molecule has 0 aliphatic carbocycles. The summed E-state index contributed by atoms with van der Waals surface area (Å²) >= 11 is 0. The van der Waals surface area contributed by atoms with E-state index in [0.717, 1.165) is 15.8 Å². The van der Waals surface area contributed by atoms with Gasteiger partial charge in [-0.15, -0.1) is 0 Å². The molecule has 1 aromatic carbocycles. The van der Waals surface area contributed by atoms with Crippen LogP contribution in [0.2, 0.25) is 0 Å². The summed E-state index contributed by atoms with van der Waals surface area (Å²) < 4.78 is 41.5. The zero-order chi connectivity index (χ0) is 19.1. The molecule has 2 atom stereocenters. The van der Waals surface area contributed by atoms with Gasteiger partial charge in [0.15, 0.2) is 11.7 Å². The number of nitrogens with two attached hydrogens (primary N) is 1. The molecule has 1 aliphatic rings. The highest BCUT2D eigenvalue weighted by Crippen LogP contribution is 2.43. The Hall–Kier alpha value is -2.55. The Morgan fingerprint density at radius 1 is 1.35 bits per heavy atom. The van der Waals surface area contributed by atoms with Crippen LogP contribution in [0, 0.1) is 0 Å². The van der Waals surface area contributed by atoms with Crippen molar-refractivity contribution in [2.75, 3.05) is 5.32 Å². The number of halogens is 3. The minimum absolute atomic E-state index is 0.134. The summed E-state index contributed by atoms with van der Waals surface area (Å²) in [6.45, 7) is 4.10. The van der Waals surface area contributed by atoms with Gasteiger partial charge in [-0.3, -0.25) is 10.2 Å². The molecule has 9 heteroatoms. The third-order valence-electron chi connectivity index (χ3n) is 4.56. The van der Waals surface area contributed by atoms with Crippen LogP contribution in [0.15, 0.2) is 30.3 Å². The highest BCUT2D eigenvalue weighted by molar-refractivity contribution is 5.92. The molecule has 0 unspecified atom stereocenters. The molecule has 1 amide bonds. The Kier molecular flexibility index (Phi) is 4.66. The highest BCUT2D eigenvalue weighted by atomic mass is 19.4. The molecule has 0 radical (unpaired) electrons. The van der Waals surface area contributed by atoms with Gasteiger partial charge < -0.3 is 5.32 Å². The number of hydrazine groups is 1. The number of amides is 1. The predicted molar refractivity (Wildman–Crippen MR) is 90.5 cm³/mol. The second kappa shape index (κ2) is 6.64. The first-order valence-corrected chi connectivity index (χ1v) is 8.24. The summed E-state index contributed by atoms with van der Waals surface area (Å²) in [4.78, 5) is 11.6. The fourth-order valence-corrected chi connectivity index (χ4v) is 3.09. The van der Waals surface area contributed by atoms with Gasteiger partial charge in [-0.2, -0.15) is 18.3 Å². The second-order valence-electron chi connectivity index (χ2n) is 6.64. The maximum atomic E-state index is 13.6. The molecule has 0 saturated heterocycles. The molecule has 6 nitrogen and oxygen atoms in total. The van der Waals surface area contributed by atoms with Crippen LogP contribution in [-0.4, -0.2) is 21.9 Å². The van der Waals surface area contributed by atoms with E-state index in [9.17, 15) is 18.0 Å². The SMILES string of the molecule is CC(C)c1ccc([C@H]2C[C@@H](C(F)(F)F)n3nc(C(=O)NN)cc3N2)cc1. The number of nitrogen functional groups attached to an aromatic ring is 1. The van der Waals surface area contributed by atoms with Crippen molar-refractivity contribution in [2.24, 2.45) is 5.84 Å². The maximum Gasteiger partial charge on any atom is 0.410 e. The average molecular weight is 367 g/mol. The van der Waals surface area contributed by atoms with Crippen LogP contribution in [0.3, 0.4) is 0 Å². The number of nitrogens with zero attached hydrogens (tertiary/aromatic N) is 2. The van der Waals surface area contributed by atoms with Crippen molar-refractivity contribution in [3.05, 3.63) is 47.2 Å². The lowest BCUT2D eigenvalue weighted by atomic mass is 9.94. The number of benzene rings is 1. The monoisotopic (exact) mass is 367 g/mol. The third kappa shape index (κ3) is 3.39. The van der Waals surface area contributed by atoms with E-state index in [1.807, 2.05) is 29.7 Å². The van der Waals surface area contributed by atoms with E-state index < -0.39 is 24.2 Å². The summed E-state index contributed by atoms with van der Waals surface area (Å²) in [5, 5.41) is 6.82. The van der Waals surface area contributed by atoms with Gasteiger partial charge in [0.2, 0.25) is 0 Å². The lowest BCUT2D eigenvalue weighted by Crippen LogP contribution is -2.36. The zero-order valence-corrected chi connectivity index (χ0v) is 14.3. The van der Waals surface area contributed by atoms with Crippen LogP contribution in [0.1, 0.15) is 59.9 Å². The number of rotatable bonds is 3. The molecule has 0 bridgehead atoms. The molecule has 1 aliphatic heterocycles. The maximum absolute atomic E-state index is 13.6. The van der Waals surface area contributed by atoms with Gasteiger partial charge in [-0.25, -0.2) is 10.5 Å². The predicted octanol–water partition coefficient (Wildman–Crippen LogP) is 3.27. The Morgan fingerprint density at radius 2 is 2.00 bits per heavy atom. The van der Waals surface area contributed by atoms with Gasteiger partial charge in [-0.05, 0) is 17.0 Å². The summed E-state index contributed by atoms with van der Waals surface area (Å²) in [5.74, 6) is 4.78. The van der Waals surface area contributed by atoms with Crippen molar-refractivity contribution >= 4 is 11.7 Å². The molecule has 0 fully saturated rings. The van der Waals surface area contributed by atoms with Crippen LogP contribution in [-0.2, 0) is 0 Å². The van der Waals surface area contributed by atoms with E-state index in [1.54, 1.807) is 0 Å². The third-order valence-corrected chi connectivity index (χ3v) is 4.56. The van der Waals surface area contributed by atoms with Gasteiger partial charge in [0.1, 0.15) is 5.82 Å². The van der Waals surface area contributed by atoms with E-state index in [2.05, 4.69) is 24.3 Å². The highest BCUT2D eigenvalue weighted by Gasteiger charge is 2.46. The molecule has 0 spiro atoms. The van der Waals surface area contributed by atoms with Crippen LogP contribution in [0.5, 0.6) is 0 Å². The second-order valence-corrected chi connectivity index (χ2v) is 6.64. The topological polar surface area (TPSA) is 85.0 Å². The molecule has 3 rings (SSSR count). The van der Waals surface area contributed by atoms with E-state index in [-0.39, 0.29) is 17.9 Å². The number of fused-ring (bicyclic) bond motifs is 1. The summed E-state index contributed by atoms with van der Waals surface area (Å²) in [5.41, 5.74) is 3.58. The molecule has 140 valence electrons. The van der Waals surface area contributed by atoms with Crippen LogP contribution >= 0.6 is 0 Å². The lowest BCUT2D eigenvalue weighted by Gasteiger charge is -2.33. The number of alkyl halides is 3. The van der Waals surface area contributed by atoms with Crippen molar-refractivity contribution in [1.82, 2.24) is 15.2 Å². The van der Waals surface area contributed by atoms with Gasteiger partial charge in [0.25, 0.3) is 5.91 Å². The standard InChI is InChI=1S/C17H20F3N5O/c1-9(2)10-3-5-11(6-4-10)12-7-14(17(18,19)20)25-15(22-12)8-13(24-25)16(26)23-21/h3-6,8-9,12,14,22H,7,21H2,1-2H3,(H,23,26)/t12-,14+/m1/s1. The average Bonchev–Trinajstić information content (AvgIpc) is 3.03. The molecule has 26 heavy (non-hydrogen) atoms. The van der Waals surface area contributed by atoms with Gasteiger partial charge in [0, 0.05) is 12.5 Å². The van der Waals surface area contributed by atoms with Crippen molar-refractivity contribution < 1.29 is 18.0 Å². The summed E-state index contributed by atoms with van der Waals surface area (Å²) in [6.07, 6.45) is -4.71. The minimum Gasteiger partial charge on any atom is -0.363 e. The first kappa shape index (κ1) is 18.2. The van der Waals surface area contributed by atoms with E-state index in [1.165, 1.54) is 6.07 Å². The number of hydrogen-bond donors (Lipinski definition) is 3. The Balaban J connectivity index is 1.96. The normalized spacial score (nSPS) is 19.8. The number of hydrogen-bond acceptors (Lipinski definition) is 4. The fraction of sp³-hybridized carbons (Fsp3) is 0.412. The quantitative estimate of drug-likeness (QED) is 0.442. The smallest absolute Gasteiger partial charge is 0.363 e. The fourth-order valence-electron chi connectivity index (χ4n) is 3.09. The first-order valence-electron chi connectivity index (χ1n) is 8.24. The molecule has 0 saturated carbocycles. The number of nitrogens with one attached hydrogen (secondary N) is 2. The zero-order valence-electron chi connectivity index (χ0n) is 14.3. The van der Waals surface area contributed by atoms with Crippen LogP contribution < -0.4 is 16.6 Å². The van der Waals surface area contributed by atoms with Crippen LogP contribution in [0.25, 0.3) is 0 Å². The molecular weight excluding hydrogens is 347 g/mol. The lowest BCUT2D eigenvalue weighted by molar-refractivity contribution is -0.173. The Morgan fingerprint density at radius 3 is 2.54 bits per heavy atom. The molecule has 2 aromatic rings. The van der Waals surface area contributed by atoms with Gasteiger partial charge >= 0.3 is 6.18 Å². The van der Waals surface area contributed by atoms with Crippen molar-refractivity contribution in [1.29, 1.82) is 0 Å². The van der Waals surface area contributed by atoms with E-state index in [0.29, 0.717) is 5.92 Å². The number of carbonyl (C=O) groups excluding carboxylic acids is 1. The van der Waals surface area contributed by atoms with E-state index in [4.69, 9.17) is 5.84 Å². The van der Waals surface area contributed by atoms with Crippen molar-refractivity contribution in [3.8, 4) is 0 Å². The molecular formula is C17H20F3N5O. The molecule has 1 aromatic heterocycles. The Bertz CT molecular complexity index is 798. The van der Waals surface area contributed by atoms with Gasteiger partial charge in [0.05, 0.1) is 6.04 Å². The number of anilines is 1. The minimum atomic E-state index is -4.49.